The van der Waals surface area contributed by atoms with Gasteiger partial charge in [0.1, 0.15) is 28.6 Å². The van der Waals surface area contributed by atoms with Crippen molar-refractivity contribution in [1.82, 2.24) is 19.6 Å². The third kappa shape index (κ3) is 4.52. The van der Waals surface area contributed by atoms with E-state index in [-0.39, 0.29) is 37.6 Å². The summed E-state index contributed by atoms with van der Waals surface area (Å²) in [6.07, 6.45) is 4.52. The van der Waals surface area contributed by atoms with Gasteiger partial charge in [-0.05, 0) is 30.2 Å². The fraction of sp³-hybridized carbons (Fsp3) is 0.100. The van der Waals surface area contributed by atoms with Crippen LogP contribution in [0.1, 0.15) is 15.4 Å². The molecule has 0 unspecified atom stereocenters. The van der Waals surface area contributed by atoms with Crippen molar-refractivity contribution >= 4 is 39.5 Å². The fourth-order valence-corrected chi connectivity index (χ4v) is 3.82. The number of hydrogen-bond donors (Lipinski definition) is 2. The number of alkyl halides is 2. The molecule has 162 valence electrons. The number of nitrogens with zero attached hydrogens (tertiary/aromatic N) is 4. The predicted molar refractivity (Wildman–Crippen MR) is 114 cm³/mol. The number of anilines is 1. The minimum absolute atomic E-state index is 0.133. The Morgan fingerprint density at radius 1 is 1.41 bits per heavy atom. The van der Waals surface area contributed by atoms with Crippen LogP contribution in [0, 0.1) is 11.8 Å². The van der Waals surface area contributed by atoms with E-state index >= 15 is 0 Å². The maximum Gasteiger partial charge on any atom is 0.387 e. The maximum atomic E-state index is 12.9. The molecule has 0 radical (unpaired) electrons. The number of amides is 1. The second-order valence-electron chi connectivity index (χ2n) is 6.08. The fourth-order valence-electron chi connectivity index (χ4n) is 2.80. The Kier molecular flexibility index (Phi) is 6.27. The van der Waals surface area contributed by atoms with Gasteiger partial charge >= 0.3 is 6.61 Å². The van der Waals surface area contributed by atoms with Crippen LogP contribution < -0.4 is 10.1 Å². The molecule has 0 saturated heterocycles. The highest BCUT2D eigenvalue weighted by atomic mass is 35.5. The van der Waals surface area contributed by atoms with Crippen LogP contribution in [-0.2, 0) is 0 Å². The SMILES string of the molecule is O=C(Nc1sc(C#CCO)nc1-c1cc(Cl)ccc1OC(F)F)c1cnn2cccnc12. The second-order valence-corrected chi connectivity index (χ2v) is 7.51. The molecule has 0 aliphatic rings. The molecule has 4 rings (SSSR count). The lowest BCUT2D eigenvalue weighted by Crippen LogP contribution is -2.12. The zero-order valence-corrected chi connectivity index (χ0v) is 17.5. The molecule has 1 aromatic carbocycles. The smallest absolute Gasteiger partial charge is 0.387 e. The molecule has 0 atom stereocenters. The number of nitrogens with one attached hydrogen (secondary N) is 1. The van der Waals surface area contributed by atoms with Gasteiger partial charge in [-0.3, -0.25) is 4.79 Å². The number of thiazole rings is 1. The Bertz CT molecular complexity index is 1360. The molecule has 0 spiro atoms. The van der Waals surface area contributed by atoms with E-state index in [0.717, 1.165) is 11.3 Å². The zero-order chi connectivity index (χ0) is 22.7. The first-order valence-electron chi connectivity index (χ1n) is 8.91. The third-order valence-electron chi connectivity index (χ3n) is 4.07. The molecular formula is C20H12ClF2N5O3S. The van der Waals surface area contributed by atoms with Gasteiger partial charge in [0.2, 0.25) is 0 Å². The summed E-state index contributed by atoms with van der Waals surface area (Å²) in [7, 11) is 0. The highest BCUT2D eigenvalue weighted by Crippen LogP contribution is 2.40. The molecule has 3 aromatic heterocycles. The second kappa shape index (κ2) is 9.27. The highest BCUT2D eigenvalue weighted by Gasteiger charge is 2.22. The van der Waals surface area contributed by atoms with E-state index < -0.39 is 19.1 Å². The lowest BCUT2D eigenvalue weighted by Gasteiger charge is -2.11. The molecule has 32 heavy (non-hydrogen) atoms. The summed E-state index contributed by atoms with van der Waals surface area (Å²) < 4.78 is 31.9. The first-order valence-corrected chi connectivity index (χ1v) is 10.1. The largest absolute Gasteiger partial charge is 0.434 e. The minimum Gasteiger partial charge on any atom is -0.434 e. The molecule has 1 amide bonds. The van der Waals surface area contributed by atoms with Gasteiger partial charge in [0.05, 0.1) is 6.20 Å². The molecule has 3 heterocycles. The van der Waals surface area contributed by atoms with Gasteiger partial charge in [0, 0.05) is 23.0 Å². The van der Waals surface area contributed by atoms with Crippen LogP contribution in [0.25, 0.3) is 16.9 Å². The van der Waals surface area contributed by atoms with E-state index in [2.05, 4.69) is 37.0 Å². The first-order chi connectivity index (χ1) is 15.5. The van der Waals surface area contributed by atoms with Gasteiger partial charge in [-0.1, -0.05) is 28.9 Å². The van der Waals surface area contributed by atoms with Gasteiger partial charge in [-0.15, -0.1) is 0 Å². The third-order valence-corrected chi connectivity index (χ3v) is 5.19. The normalized spacial score (nSPS) is 10.8. The number of aliphatic hydroxyl groups is 1. The number of aliphatic hydroxyl groups excluding tert-OH is 1. The molecule has 4 aromatic rings. The molecule has 0 fully saturated rings. The van der Waals surface area contributed by atoms with Gasteiger partial charge < -0.3 is 15.2 Å². The lowest BCUT2D eigenvalue weighted by atomic mass is 10.1. The summed E-state index contributed by atoms with van der Waals surface area (Å²) in [6, 6.07) is 5.73. The van der Waals surface area contributed by atoms with Gasteiger partial charge in [0.25, 0.3) is 5.91 Å². The van der Waals surface area contributed by atoms with E-state index in [1.54, 1.807) is 12.3 Å². The quantitative estimate of drug-likeness (QED) is 0.427. The Balaban J connectivity index is 1.78. The first kappa shape index (κ1) is 21.6. The maximum absolute atomic E-state index is 12.9. The Hall–Kier alpha value is -3.59. The number of carbonyl (C=O) groups is 1. The number of carbonyl (C=O) groups excluding carboxylic acids is 1. The van der Waals surface area contributed by atoms with E-state index in [9.17, 15) is 13.6 Å². The lowest BCUT2D eigenvalue weighted by molar-refractivity contribution is -0.0494. The van der Waals surface area contributed by atoms with Crippen LogP contribution in [0.4, 0.5) is 13.8 Å². The van der Waals surface area contributed by atoms with Crippen molar-refractivity contribution in [2.75, 3.05) is 11.9 Å². The summed E-state index contributed by atoms with van der Waals surface area (Å²) in [4.78, 5) is 21.4. The monoisotopic (exact) mass is 475 g/mol. The number of hydrogen-bond acceptors (Lipinski definition) is 7. The van der Waals surface area contributed by atoms with Crippen LogP contribution in [0.2, 0.25) is 5.02 Å². The molecule has 0 saturated carbocycles. The Labute approximate surface area is 188 Å². The predicted octanol–water partition coefficient (Wildman–Crippen LogP) is 3.70. The summed E-state index contributed by atoms with van der Waals surface area (Å²) in [5, 5.41) is 16.5. The Morgan fingerprint density at radius 3 is 3.03 bits per heavy atom. The molecular weight excluding hydrogens is 464 g/mol. The van der Waals surface area contributed by atoms with Crippen LogP contribution in [0.15, 0.2) is 42.9 Å². The number of rotatable bonds is 5. The van der Waals surface area contributed by atoms with Crippen molar-refractivity contribution in [3.05, 3.63) is 58.4 Å². The van der Waals surface area contributed by atoms with Crippen molar-refractivity contribution in [2.24, 2.45) is 0 Å². The van der Waals surface area contributed by atoms with E-state index in [0.29, 0.717) is 5.65 Å². The van der Waals surface area contributed by atoms with Crippen molar-refractivity contribution in [3.8, 4) is 28.8 Å². The average molecular weight is 476 g/mol. The molecule has 8 nitrogen and oxygen atoms in total. The van der Waals surface area contributed by atoms with Crippen molar-refractivity contribution in [3.63, 3.8) is 0 Å². The Morgan fingerprint density at radius 2 is 2.25 bits per heavy atom. The number of fused-ring (bicyclic) bond motifs is 1. The molecule has 12 heteroatoms. The molecule has 0 aliphatic heterocycles. The average Bonchev–Trinajstić information content (AvgIpc) is 3.37. The van der Waals surface area contributed by atoms with Crippen LogP contribution in [-0.4, -0.2) is 43.8 Å². The minimum atomic E-state index is -3.08. The number of aromatic nitrogens is 4. The molecule has 0 aliphatic carbocycles. The summed E-state index contributed by atoms with van der Waals surface area (Å²) in [5.41, 5.74) is 0.802. The number of benzene rings is 1. The van der Waals surface area contributed by atoms with Crippen molar-refractivity contribution in [2.45, 2.75) is 6.61 Å². The van der Waals surface area contributed by atoms with E-state index in [1.165, 1.54) is 35.1 Å². The van der Waals surface area contributed by atoms with Gasteiger partial charge in [-0.25, -0.2) is 14.5 Å². The highest BCUT2D eigenvalue weighted by molar-refractivity contribution is 7.17. The summed E-state index contributed by atoms with van der Waals surface area (Å²) in [5.74, 6) is 4.39. The summed E-state index contributed by atoms with van der Waals surface area (Å²) >= 11 is 7.06. The number of ether oxygens (including phenoxy) is 1. The topological polar surface area (TPSA) is 102 Å². The summed E-state index contributed by atoms with van der Waals surface area (Å²) in [6.45, 7) is -3.48. The van der Waals surface area contributed by atoms with E-state index in [4.69, 9.17) is 16.7 Å². The van der Waals surface area contributed by atoms with E-state index in [1.807, 2.05) is 0 Å². The van der Waals surface area contributed by atoms with Crippen LogP contribution in [0.5, 0.6) is 5.75 Å². The van der Waals surface area contributed by atoms with Gasteiger partial charge in [0.15, 0.2) is 10.7 Å². The van der Waals surface area contributed by atoms with Crippen molar-refractivity contribution < 1.29 is 23.4 Å². The van der Waals surface area contributed by atoms with Crippen molar-refractivity contribution in [1.29, 1.82) is 0 Å². The van der Waals surface area contributed by atoms with Gasteiger partial charge in [-0.2, -0.15) is 13.9 Å². The van der Waals surface area contributed by atoms with Crippen LogP contribution in [0.3, 0.4) is 0 Å². The molecule has 2 N–H and O–H groups in total. The van der Waals surface area contributed by atoms with Crippen LogP contribution >= 0.6 is 22.9 Å². The number of halogens is 3. The zero-order valence-electron chi connectivity index (χ0n) is 15.9. The molecule has 0 bridgehead atoms. The standard InChI is InChI=1S/C20H12ClF2N5O3S/c21-11-4-5-14(31-20(22)23)12(9-11)16-19(32-15(26-16)3-1-8-29)27-18(30)13-10-25-28-7-2-6-24-17(13)28/h2,4-7,9-10,20,29H,8H2,(H,27,30).